The minimum absolute atomic E-state index is 0.105. The summed E-state index contributed by atoms with van der Waals surface area (Å²) in [7, 11) is 0. The number of unbranched alkanes of at least 4 members (excludes halogenated alkanes) is 1. The van der Waals surface area contributed by atoms with E-state index in [1.807, 2.05) is 109 Å². The monoisotopic (exact) mass is 564 g/mol. The highest BCUT2D eigenvalue weighted by atomic mass is 16.5. The second-order valence-corrected chi connectivity index (χ2v) is 10.6. The molecule has 1 amide bonds. The smallest absolute Gasteiger partial charge is 0.328 e. The lowest BCUT2D eigenvalue weighted by molar-refractivity contribution is -0.149. The van der Waals surface area contributed by atoms with Gasteiger partial charge < -0.3 is 27.3 Å². The van der Waals surface area contributed by atoms with Crippen LogP contribution in [0.3, 0.4) is 0 Å². The van der Waals surface area contributed by atoms with Gasteiger partial charge in [0.2, 0.25) is 5.91 Å². The van der Waals surface area contributed by atoms with E-state index in [1.165, 1.54) is 0 Å². The number of ether oxygens (including phenoxy) is 1. The summed E-state index contributed by atoms with van der Waals surface area (Å²) in [5.74, 6) is -0.890. The number of esters is 1. The van der Waals surface area contributed by atoms with Gasteiger partial charge in [0.25, 0.3) is 0 Å². The van der Waals surface area contributed by atoms with Crippen LogP contribution >= 0.6 is 0 Å². The Balaban J connectivity index is 1.33. The molecule has 0 aliphatic rings. The zero-order chi connectivity index (χ0) is 29.7. The molecule has 7 N–H and O–H groups in total. The van der Waals surface area contributed by atoms with Crippen LogP contribution in [0.25, 0.3) is 22.3 Å². The Bertz CT molecular complexity index is 1390. The standard InChI is InChI=1S/C35H40N4O3/c36-31(23-25-15-19-29(20-16-25)27-9-3-1-4-10-27)34(40)39-32(13-7-8-14-33(37)38)35(41)42-24-26-17-21-30(22-18-26)28-11-5-2-6-12-28/h1-6,9-12,15-22,31-33H,7-8,13-14,23-24,36-38H2,(H,39,40)/t31-,32-/m0/s1. The number of hydrogen-bond acceptors (Lipinski definition) is 6. The van der Waals surface area contributed by atoms with E-state index in [9.17, 15) is 9.59 Å². The van der Waals surface area contributed by atoms with E-state index in [2.05, 4.69) is 5.32 Å². The van der Waals surface area contributed by atoms with Crippen molar-refractivity contribution in [3.63, 3.8) is 0 Å². The first-order chi connectivity index (χ1) is 20.4. The third-order valence-electron chi connectivity index (χ3n) is 7.18. The molecule has 2 atom stereocenters. The van der Waals surface area contributed by atoms with E-state index in [0.717, 1.165) is 39.8 Å². The number of benzene rings is 4. The van der Waals surface area contributed by atoms with E-state index in [0.29, 0.717) is 25.7 Å². The van der Waals surface area contributed by atoms with Crippen molar-refractivity contribution in [2.24, 2.45) is 17.2 Å². The van der Waals surface area contributed by atoms with E-state index in [1.54, 1.807) is 0 Å². The summed E-state index contributed by atoms with van der Waals surface area (Å²) in [5, 5.41) is 2.83. The van der Waals surface area contributed by atoms with Crippen molar-refractivity contribution in [3.8, 4) is 22.3 Å². The summed E-state index contributed by atoms with van der Waals surface area (Å²) in [6.07, 6.45) is 2.36. The van der Waals surface area contributed by atoms with E-state index in [4.69, 9.17) is 21.9 Å². The Morgan fingerprint density at radius 2 is 1.10 bits per heavy atom. The van der Waals surface area contributed by atoms with Crippen molar-refractivity contribution >= 4 is 11.9 Å². The quantitative estimate of drug-likeness (QED) is 0.0976. The van der Waals surface area contributed by atoms with Gasteiger partial charge in [0.15, 0.2) is 0 Å². The molecular formula is C35H40N4O3. The van der Waals surface area contributed by atoms with Crippen molar-refractivity contribution < 1.29 is 14.3 Å². The minimum Gasteiger partial charge on any atom is -0.459 e. The van der Waals surface area contributed by atoms with Gasteiger partial charge in [0.05, 0.1) is 12.2 Å². The van der Waals surface area contributed by atoms with Crippen molar-refractivity contribution in [1.82, 2.24) is 5.32 Å². The maximum Gasteiger partial charge on any atom is 0.328 e. The second kappa shape index (κ2) is 15.6. The molecule has 4 aromatic carbocycles. The summed E-state index contributed by atoms with van der Waals surface area (Å²) in [5.41, 5.74) is 23.8. The van der Waals surface area contributed by atoms with Crippen LogP contribution in [-0.2, 0) is 27.4 Å². The van der Waals surface area contributed by atoms with Gasteiger partial charge >= 0.3 is 5.97 Å². The number of carbonyl (C=O) groups is 2. The number of carbonyl (C=O) groups excluding carboxylic acids is 2. The van der Waals surface area contributed by atoms with Gasteiger partial charge in [-0.2, -0.15) is 0 Å². The van der Waals surface area contributed by atoms with Crippen molar-refractivity contribution in [2.45, 2.75) is 57.0 Å². The van der Waals surface area contributed by atoms with Crippen LogP contribution in [0.4, 0.5) is 0 Å². The fourth-order valence-corrected chi connectivity index (χ4v) is 4.75. The molecule has 0 saturated heterocycles. The van der Waals surface area contributed by atoms with Crippen molar-refractivity contribution in [3.05, 3.63) is 120 Å². The third-order valence-corrected chi connectivity index (χ3v) is 7.18. The fourth-order valence-electron chi connectivity index (χ4n) is 4.75. The molecule has 0 aliphatic carbocycles. The van der Waals surface area contributed by atoms with Crippen molar-refractivity contribution in [1.29, 1.82) is 0 Å². The molecule has 0 unspecified atom stereocenters. The van der Waals surface area contributed by atoms with Crippen LogP contribution in [0.1, 0.15) is 36.8 Å². The number of rotatable bonds is 14. The Labute approximate surface area is 248 Å². The topological polar surface area (TPSA) is 133 Å². The third kappa shape index (κ3) is 9.38. The maximum atomic E-state index is 13.1. The van der Waals surface area contributed by atoms with Gasteiger partial charge in [-0.25, -0.2) is 4.79 Å². The molecule has 218 valence electrons. The molecule has 4 aromatic rings. The molecule has 0 aromatic heterocycles. The summed E-state index contributed by atoms with van der Waals surface area (Å²) in [4.78, 5) is 26.1. The predicted molar refractivity (Wildman–Crippen MR) is 168 cm³/mol. The fraction of sp³-hybridized carbons (Fsp3) is 0.257. The first kappa shape index (κ1) is 30.7. The summed E-state index contributed by atoms with van der Waals surface area (Å²) >= 11 is 0. The second-order valence-electron chi connectivity index (χ2n) is 10.6. The first-order valence-corrected chi connectivity index (χ1v) is 14.4. The van der Waals surface area contributed by atoms with Crippen LogP contribution in [0.15, 0.2) is 109 Å². The van der Waals surface area contributed by atoms with E-state index in [-0.39, 0.29) is 6.61 Å². The molecule has 7 heteroatoms. The predicted octanol–water partition coefficient (Wildman–Crippen LogP) is 4.92. The van der Waals surface area contributed by atoms with Crippen molar-refractivity contribution in [2.75, 3.05) is 0 Å². The molecule has 0 aliphatic heterocycles. The lowest BCUT2D eigenvalue weighted by Gasteiger charge is -2.20. The largest absolute Gasteiger partial charge is 0.459 e. The Morgan fingerprint density at radius 1 is 0.619 bits per heavy atom. The Kier molecular flexibility index (Phi) is 11.4. The Morgan fingerprint density at radius 3 is 1.62 bits per heavy atom. The number of nitrogens with one attached hydrogen (secondary N) is 1. The highest BCUT2D eigenvalue weighted by Crippen LogP contribution is 2.21. The number of amides is 1. The summed E-state index contributed by atoms with van der Waals surface area (Å²) in [6, 6.07) is 34.4. The van der Waals surface area contributed by atoms with Gasteiger partial charge in [0, 0.05) is 0 Å². The lowest BCUT2D eigenvalue weighted by Crippen LogP contribution is -2.49. The van der Waals surface area contributed by atoms with Crippen LogP contribution in [0.5, 0.6) is 0 Å². The Hall–Kier alpha value is -4.30. The molecule has 0 radical (unpaired) electrons. The number of nitrogens with two attached hydrogens (primary N) is 3. The molecule has 4 rings (SSSR count). The average molecular weight is 565 g/mol. The highest BCUT2D eigenvalue weighted by molar-refractivity contribution is 5.87. The van der Waals surface area contributed by atoms with Gasteiger partial charge in [-0.05, 0) is 52.6 Å². The maximum absolute atomic E-state index is 13.1. The molecule has 0 saturated carbocycles. The van der Waals surface area contributed by atoms with Crippen LogP contribution in [-0.4, -0.2) is 30.1 Å². The average Bonchev–Trinajstić information content (AvgIpc) is 3.02. The molecular weight excluding hydrogens is 524 g/mol. The summed E-state index contributed by atoms with van der Waals surface area (Å²) < 4.78 is 5.62. The molecule has 7 nitrogen and oxygen atoms in total. The van der Waals surface area contributed by atoms with E-state index >= 15 is 0 Å². The van der Waals surface area contributed by atoms with Gasteiger partial charge in [-0.3, -0.25) is 4.79 Å². The minimum atomic E-state index is -0.818. The SMILES string of the molecule is NC(N)CCCC[C@H](NC(=O)[C@@H](N)Cc1ccc(-c2ccccc2)cc1)C(=O)OCc1ccc(-c2ccccc2)cc1. The van der Waals surface area contributed by atoms with Gasteiger partial charge in [-0.15, -0.1) is 0 Å². The van der Waals surface area contributed by atoms with Crippen LogP contribution in [0.2, 0.25) is 0 Å². The molecule has 0 fully saturated rings. The molecule has 0 bridgehead atoms. The van der Waals surface area contributed by atoms with Crippen LogP contribution < -0.4 is 22.5 Å². The van der Waals surface area contributed by atoms with E-state index < -0.39 is 30.1 Å². The molecule has 0 spiro atoms. The number of hydrogen-bond donors (Lipinski definition) is 4. The molecule has 0 heterocycles. The summed E-state index contributed by atoms with van der Waals surface area (Å²) in [6.45, 7) is 0.105. The highest BCUT2D eigenvalue weighted by Gasteiger charge is 2.25. The zero-order valence-electron chi connectivity index (χ0n) is 23.8. The van der Waals surface area contributed by atoms with Gasteiger partial charge in [-0.1, -0.05) is 122 Å². The zero-order valence-corrected chi connectivity index (χ0v) is 23.8. The van der Waals surface area contributed by atoms with Crippen LogP contribution in [0, 0.1) is 0 Å². The first-order valence-electron chi connectivity index (χ1n) is 14.4. The van der Waals surface area contributed by atoms with Gasteiger partial charge in [0.1, 0.15) is 12.6 Å². The molecule has 42 heavy (non-hydrogen) atoms. The normalized spacial score (nSPS) is 12.5. The lowest BCUT2D eigenvalue weighted by atomic mass is 10.0.